The van der Waals surface area contributed by atoms with E-state index in [-0.39, 0.29) is 6.04 Å². The quantitative estimate of drug-likeness (QED) is 0.702. The first-order chi connectivity index (χ1) is 12.5. The lowest BCUT2D eigenvalue weighted by atomic mass is 10.00. The van der Waals surface area contributed by atoms with Crippen molar-refractivity contribution in [3.05, 3.63) is 53.1 Å². The van der Waals surface area contributed by atoms with Crippen molar-refractivity contribution < 1.29 is 14.2 Å². The molecular formula is C22H31NO3. The molecule has 0 spiro atoms. The van der Waals surface area contributed by atoms with Gasteiger partial charge < -0.3 is 19.5 Å². The zero-order valence-electron chi connectivity index (χ0n) is 16.8. The second-order valence-electron chi connectivity index (χ2n) is 6.94. The lowest BCUT2D eigenvalue weighted by molar-refractivity contribution is 0.321. The fraction of sp³-hybridized carbons (Fsp3) is 0.455. The van der Waals surface area contributed by atoms with Crippen LogP contribution >= 0.6 is 0 Å². The maximum absolute atomic E-state index is 5.56. The molecule has 2 aromatic carbocycles. The molecule has 1 unspecified atom stereocenters. The van der Waals surface area contributed by atoms with E-state index in [0.717, 1.165) is 12.0 Å². The first kappa shape index (κ1) is 20.1. The highest BCUT2D eigenvalue weighted by Crippen LogP contribution is 2.39. The van der Waals surface area contributed by atoms with Gasteiger partial charge in [-0.3, -0.25) is 0 Å². The summed E-state index contributed by atoms with van der Waals surface area (Å²) in [5, 5.41) is 3.56. The Morgan fingerprint density at radius 1 is 0.808 bits per heavy atom. The van der Waals surface area contributed by atoms with Crippen LogP contribution in [0.1, 0.15) is 43.5 Å². The van der Waals surface area contributed by atoms with Gasteiger partial charge >= 0.3 is 0 Å². The Morgan fingerprint density at radius 3 is 2.00 bits per heavy atom. The normalized spacial score (nSPS) is 12.1. The minimum Gasteiger partial charge on any atom is -0.493 e. The Hall–Kier alpha value is -2.20. The third-order valence-electron chi connectivity index (χ3n) is 4.51. The topological polar surface area (TPSA) is 39.7 Å². The Morgan fingerprint density at radius 2 is 1.46 bits per heavy atom. The van der Waals surface area contributed by atoms with Crippen LogP contribution in [0.4, 0.5) is 0 Å². The van der Waals surface area contributed by atoms with E-state index in [1.165, 1.54) is 11.1 Å². The number of ether oxygens (including phenoxy) is 3. The van der Waals surface area contributed by atoms with Crippen molar-refractivity contribution >= 4 is 0 Å². The molecule has 0 aromatic heterocycles. The minimum absolute atomic E-state index is 0.237. The number of nitrogens with one attached hydrogen (secondary N) is 1. The fourth-order valence-electron chi connectivity index (χ4n) is 3.10. The van der Waals surface area contributed by atoms with E-state index in [1.54, 1.807) is 21.3 Å². The Labute approximate surface area is 157 Å². The van der Waals surface area contributed by atoms with Crippen LogP contribution in [-0.2, 0) is 13.0 Å². The monoisotopic (exact) mass is 357 g/mol. The highest BCUT2D eigenvalue weighted by Gasteiger charge is 2.16. The maximum atomic E-state index is 5.56. The lowest BCUT2D eigenvalue weighted by Gasteiger charge is -2.19. The summed E-state index contributed by atoms with van der Waals surface area (Å²) in [7, 11) is 4.90. The molecule has 2 aromatic rings. The minimum atomic E-state index is 0.237. The van der Waals surface area contributed by atoms with E-state index in [1.807, 2.05) is 12.1 Å². The zero-order chi connectivity index (χ0) is 19.1. The summed E-state index contributed by atoms with van der Waals surface area (Å²) in [6, 6.07) is 13.0. The van der Waals surface area contributed by atoms with E-state index in [0.29, 0.717) is 29.7 Å². The van der Waals surface area contributed by atoms with Crippen LogP contribution in [0.5, 0.6) is 17.2 Å². The second kappa shape index (κ2) is 9.48. The van der Waals surface area contributed by atoms with Crippen molar-refractivity contribution in [2.24, 2.45) is 5.92 Å². The highest BCUT2D eigenvalue weighted by atomic mass is 16.5. The summed E-state index contributed by atoms with van der Waals surface area (Å²) in [5.74, 6) is 2.68. The first-order valence-electron chi connectivity index (χ1n) is 9.10. The molecule has 0 aliphatic carbocycles. The molecule has 0 aliphatic rings. The third kappa shape index (κ3) is 4.92. The molecular weight excluding hydrogens is 326 g/mol. The van der Waals surface area contributed by atoms with E-state index in [4.69, 9.17) is 14.2 Å². The van der Waals surface area contributed by atoms with Crippen LogP contribution in [0.25, 0.3) is 0 Å². The summed E-state index contributed by atoms with van der Waals surface area (Å²) in [6.45, 7) is 7.34. The average Bonchev–Trinajstić information content (AvgIpc) is 2.65. The van der Waals surface area contributed by atoms with Gasteiger partial charge in [-0.1, -0.05) is 44.2 Å². The van der Waals surface area contributed by atoms with Gasteiger partial charge in [0.1, 0.15) is 0 Å². The van der Waals surface area contributed by atoms with Crippen LogP contribution in [-0.4, -0.2) is 21.3 Å². The van der Waals surface area contributed by atoms with Crippen LogP contribution in [0.2, 0.25) is 0 Å². The second-order valence-corrected chi connectivity index (χ2v) is 6.94. The highest BCUT2D eigenvalue weighted by molar-refractivity contribution is 5.55. The predicted molar refractivity (Wildman–Crippen MR) is 106 cm³/mol. The predicted octanol–water partition coefficient (Wildman–Crippen LogP) is 4.76. The lowest BCUT2D eigenvalue weighted by Crippen LogP contribution is -2.18. The van der Waals surface area contributed by atoms with Gasteiger partial charge in [0.05, 0.1) is 21.3 Å². The summed E-state index contributed by atoms with van der Waals surface area (Å²) in [4.78, 5) is 0. The molecule has 4 heteroatoms. The number of hydrogen-bond acceptors (Lipinski definition) is 4. The van der Waals surface area contributed by atoms with Crippen molar-refractivity contribution in [1.29, 1.82) is 0 Å². The molecule has 0 amide bonds. The van der Waals surface area contributed by atoms with E-state index in [9.17, 15) is 0 Å². The molecule has 0 aliphatic heterocycles. The van der Waals surface area contributed by atoms with Gasteiger partial charge in [0.25, 0.3) is 0 Å². The smallest absolute Gasteiger partial charge is 0.203 e. The molecule has 0 fully saturated rings. The van der Waals surface area contributed by atoms with Crippen LogP contribution < -0.4 is 19.5 Å². The van der Waals surface area contributed by atoms with Crippen molar-refractivity contribution in [1.82, 2.24) is 5.32 Å². The molecule has 1 N–H and O–H groups in total. The summed E-state index contributed by atoms with van der Waals surface area (Å²) >= 11 is 0. The van der Waals surface area contributed by atoms with Gasteiger partial charge in [0, 0.05) is 18.2 Å². The Kier molecular flexibility index (Phi) is 7.34. The fourth-order valence-corrected chi connectivity index (χ4v) is 3.10. The maximum Gasteiger partial charge on any atom is 0.203 e. The molecule has 4 nitrogen and oxygen atoms in total. The Balaban J connectivity index is 2.08. The molecule has 26 heavy (non-hydrogen) atoms. The Bertz CT molecular complexity index is 695. The number of rotatable bonds is 9. The molecule has 0 radical (unpaired) electrons. The zero-order valence-corrected chi connectivity index (χ0v) is 16.8. The van der Waals surface area contributed by atoms with Gasteiger partial charge in [-0.2, -0.15) is 0 Å². The summed E-state index contributed by atoms with van der Waals surface area (Å²) in [6.07, 6.45) is 1.12. The number of methoxy groups -OCH3 is 3. The molecule has 142 valence electrons. The summed E-state index contributed by atoms with van der Waals surface area (Å²) < 4.78 is 16.4. The first-order valence-corrected chi connectivity index (χ1v) is 9.10. The third-order valence-corrected chi connectivity index (χ3v) is 4.51. The standard InChI is InChI=1S/C22H31NO3/c1-15(2)13-17-7-9-18(10-8-17)16(3)23-14-19-11-12-20(24-4)22(26-6)21(19)25-5/h7-12,15-16,23H,13-14H2,1-6H3. The van der Waals surface area contributed by atoms with Crippen molar-refractivity contribution in [2.45, 2.75) is 39.8 Å². The van der Waals surface area contributed by atoms with Gasteiger partial charge in [0.2, 0.25) is 5.75 Å². The van der Waals surface area contributed by atoms with Crippen molar-refractivity contribution in [2.75, 3.05) is 21.3 Å². The molecule has 0 saturated carbocycles. The van der Waals surface area contributed by atoms with Gasteiger partial charge in [-0.25, -0.2) is 0 Å². The van der Waals surface area contributed by atoms with Gasteiger partial charge in [-0.15, -0.1) is 0 Å². The number of hydrogen-bond donors (Lipinski definition) is 1. The van der Waals surface area contributed by atoms with E-state index >= 15 is 0 Å². The van der Waals surface area contributed by atoms with E-state index < -0.39 is 0 Å². The van der Waals surface area contributed by atoms with Gasteiger partial charge in [0.15, 0.2) is 11.5 Å². The molecule has 1 atom stereocenters. The van der Waals surface area contributed by atoms with E-state index in [2.05, 4.69) is 50.4 Å². The van der Waals surface area contributed by atoms with Crippen LogP contribution in [0.15, 0.2) is 36.4 Å². The molecule has 0 heterocycles. The summed E-state index contributed by atoms with van der Waals surface area (Å²) in [5.41, 5.74) is 3.70. The number of benzene rings is 2. The SMILES string of the molecule is COc1ccc(CNC(C)c2ccc(CC(C)C)cc2)c(OC)c1OC. The molecule has 0 saturated heterocycles. The largest absolute Gasteiger partial charge is 0.493 e. The molecule has 2 rings (SSSR count). The van der Waals surface area contributed by atoms with Crippen LogP contribution in [0.3, 0.4) is 0 Å². The van der Waals surface area contributed by atoms with Crippen molar-refractivity contribution in [3.8, 4) is 17.2 Å². The van der Waals surface area contributed by atoms with Crippen LogP contribution in [0, 0.1) is 5.92 Å². The van der Waals surface area contributed by atoms with Crippen molar-refractivity contribution in [3.63, 3.8) is 0 Å². The van der Waals surface area contributed by atoms with Gasteiger partial charge in [-0.05, 0) is 36.5 Å². The molecule has 0 bridgehead atoms. The average molecular weight is 357 g/mol.